The van der Waals surface area contributed by atoms with Crippen LogP contribution >= 0.6 is 44.1 Å². The molecule has 3 aromatic carbocycles. The number of methoxy groups -OCH3 is 1. The van der Waals surface area contributed by atoms with Gasteiger partial charge in [-0.15, -0.1) is 0 Å². The van der Waals surface area contributed by atoms with E-state index < -0.39 is 0 Å². The summed E-state index contributed by atoms with van der Waals surface area (Å²) >= 11 is 13.2. The fraction of sp³-hybridized carbons (Fsp3) is 0.200. The van der Waals surface area contributed by atoms with Gasteiger partial charge in [0, 0.05) is 38.0 Å². The van der Waals surface area contributed by atoms with Crippen molar-refractivity contribution < 1.29 is 4.74 Å². The van der Waals surface area contributed by atoms with E-state index in [1.54, 1.807) is 7.11 Å². The zero-order valence-electron chi connectivity index (χ0n) is 21.4. The van der Waals surface area contributed by atoms with Gasteiger partial charge in [0.1, 0.15) is 22.1 Å². The lowest BCUT2D eigenvalue weighted by molar-refractivity contribution is 0.415. The Labute approximate surface area is 249 Å². The van der Waals surface area contributed by atoms with Gasteiger partial charge in [-0.3, -0.25) is 0 Å². The molecule has 0 saturated carbocycles. The summed E-state index contributed by atoms with van der Waals surface area (Å²) in [5, 5.41) is 12.2. The summed E-state index contributed by atoms with van der Waals surface area (Å²) in [6.45, 7) is 1.55. The molecule has 6 rings (SSSR count). The summed E-state index contributed by atoms with van der Waals surface area (Å²) < 4.78 is 11.9. The van der Waals surface area contributed by atoms with Crippen molar-refractivity contribution in [3.05, 3.63) is 98.8 Å². The maximum Gasteiger partial charge on any atom is 0.150 e. The first-order valence-electron chi connectivity index (χ1n) is 12.9. The molecule has 2 aromatic heterocycles. The summed E-state index contributed by atoms with van der Waals surface area (Å²) in [4.78, 5) is 0.636. The summed E-state index contributed by atoms with van der Waals surface area (Å²) in [7, 11) is 1.67. The number of rotatable bonds is 7. The molecule has 0 aliphatic carbocycles. The number of benzene rings is 3. The number of aromatic nitrogens is 3. The Bertz CT molecular complexity index is 1640. The number of thiocarbonyl (C=S) groups is 1. The predicted octanol–water partition coefficient (Wildman–Crippen LogP) is 8.07. The topological polar surface area (TPSA) is 55.5 Å². The van der Waals surface area contributed by atoms with E-state index in [0.717, 1.165) is 80.2 Å². The third-order valence-electron chi connectivity index (χ3n) is 7.05. The predicted molar refractivity (Wildman–Crippen MR) is 169 cm³/mol. The van der Waals surface area contributed by atoms with E-state index in [1.165, 1.54) is 5.56 Å². The number of hydrogen-bond acceptors (Lipinski definition) is 4. The van der Waals surface area contributed by atoms with Crippen LogP contribution in [0.15, 0.2) is 81.7 Å². The van der Waals surface area contributed by atoms with Gasteiger partial charge < -0.3 is 19.9 Å². The third-order valence-corrected chi connectivity index (χ3v) is 8.41. The first-order valence-corrected chi connectivity index (χ1v) is 14.8. The van der Waals surface area contributed by atoms with E-state index in [2.05, 4.69) is 88.0 Å². The lowest BCUT2D eigenvalue weighted by Gasteiger charge is -2.12. The Morgan fingerprint density at radius 3 is 2.28 bits per heavy atom. The largest absolute Gasteiger partial charge is 0.497 e. The monoisotopic (exact) mass is 663 g/mol. The molecule has 39 heavy (non-hydrogen) atoms. The number of hydrogen-bond donors (Lipinski definition) is 2. The van der Waals surface area contributed by atoms with Crippen LogP contribution in [-0.2, 0) is 19.5 Å². The molecule has 5 aromatic rings. The fourth-order valence-electron chi connectivity index (χ4n) is 5.19. The molecule has 0 radical (unpaired) electrons. The van der Waals surface area contributed by atoms with Gasteiger partial charge in [-0.2, -0.15) is 5.10 Å². The average molecular weight is 665 g/mol. The highest BCUT2D eigenvalue weighted by atomic mass is 79.9. The number of anilines is 2. The lowest BCUT2D eigenvalue weighted by atomic mass is 9.98. The average Bonchev–Trinajstić information content (AvgIpc) is 3.35. The highest BCUT2D eigenvalue weighted by Gasteiger charge is 2.29. The number of nitrogens with one attached hydrogen (secondary N) is 2. The number of aryl methyl sites for hydroxylation is 2. The summed E-state index contributed by atoms with van der Waals surface area (Å²) in [5.41, 5.74) is 7.59. The first-order chi connectivity index (χ1) is 19.0. The second-order valence-corrected chi connectivity index (χ2v) is 11.8. The second-order valence-electron chi connectivity index (χ2n) is 9.51. The molecule has 0 unspecified atom stereocenters. The molecule has 0 fully saturated rings. The second kappa shape index (κ2) is 11.2. The fourth-order valence-corrected chi connectivity index (χ4v) is 6.02. The van der Waals surface area contributed by atoms with E-state index in [-0.39, 0.29) is 0 Å². The first kappa shape index (κ1) is 26.1. The van der Waals surface area contributed by atoms with Gasteiger partial charge in [0.15, 0.2) is 5.82 Å². The van der Waals surface area contributed by atoms with Crippen molar-refractivity contribution >= 4 is 66.1 Å². The number of nitrogens with zero attached hydrogens (tertiary/aromatic N) is 3. The molecule has 0 atom stereocenters. The molecule has 0 saturated heterocycles. The van der Waals surface area contributed by atoms with E-state index in [4.69, 9.17) is 22.1 Å². The van der Waals surface area contributed by atoms with Crippen molar-refractivity contribution in [1.29, 1.82) is 0 Å². The van der Waals surface area contributed by atoms with E-state index in [0.29, 0.717) is 11.5 Å². The molecule has 1 aliphatic heterocycles. The molecule has 198 valence electrons. The van der Waals surface area contributed by atoms with Gasteiger partial charge in [0.25, 0.3) is 0 Å². The van der Waals surface area contributed by atoms with Gasteiger partial charge in [-0.1, -0.05) is 56.2 Å². The minimum absolute atomic E-state index is 0.620. The van der Waals surface area contributed by atoms with Crippen molar-refractivity contribution in [2.75, 3.05) is 17.7 Å². The van der Waals surface area contributed by atoms with Crippen LogP contribution in [0.3, 0.4) is 0 Å². The van der Waals surface area contributed by atoms with Crippen molar-refractivity contribution in [2.45, 2.75) is 32.4 Å². The van der Waals surface area contributed by atoms with Gasteiger partial charge in [0.2, 0.25) is 0 Å². The minimum atomic E-state index is 0.620. The summed E-state index contributed by atoms with van der Waals surface area (Å²) in [6.07, 6.45) is 3.20. The van der Waals surface area contributed by atoms with Crippen LogP contribution in [0.25, 0.3) is 16.8 Å². The summed E-state index contributed by atoms with van der Waals surface area (Å²) in [5.74, 6) is 1.80. The van der Waals surface area contributed by atoms with Crippen LogP contribution in [0.5, 0.6) is 5.75 Å². The Hall–Kier alpha value is -3.14. The third kappa shape index (κ3) is 5.23. The zero-order chi connectivity index (χ0) is 26.9. The van der Waals surface area contributed by atoms with E-state index in [9.17, 15) is 0 Å². The zero-order valence-corrected chi connectivity index (χ0v) is 25.4. The van der Waals surface area contributed by atoms with Crippen molar-refractivity contribution in [3.63, 3.8) is 0 Å². The van der Waals surface area contributed by atoms with Crippen LogP contribution in [0.1, 0.15) is 29.9 Å². The van der Waals surface area contributed by atoms with Gasteiger partial charge in [-0.05, 0) is 85.5 Å². The maximum atomic E-state index is 6.08. The lowest BCUT2D eigenvalue weighted by Crippen LogP contribution is -2.15. The minimum Gasteiger partial charge on any atom is -0.497 e. The molecule has 0 spiro atoms. The molecular formula is C30H27Br2N5OS. The highest BCUT2D eigenvalue weighted by Crippen LogP contribution is 2.38. The van der Waals surface area contributed by atoms with Crippen LogP contribution < -0.4 is 15.4 Å². The number of ether oxygens (including phenoxy) is 1. The number of halogens is 2. The molecule has 3 heterocycles. The van der Waals surface area contributed by atoms with Gasteiger partial charge in [-0.25, -0.2) is 4.52 Å². The standard InChI is InChI=1S/C30H27Br2N5OS/c1-38-24-15-13-23(14-16-24)34-29(39)28-27(19-5-7-20(31)8-6-19)25-4-2-3-17-36-26(35-37(28)30(25)36)18-33-22-11-9-21(32)10-12-22/h5-16,33H,2-4,17-18H2,1H3,(H,34,39). The molecule has 6 nitrogen and oxygen atoms in total. The van der Waals surface area contributed by atoms with Crippen LogP contribution in [0.4, 0.5) is 11.4 Å². The molecule has 1 aliphatic rings. The van der Waals surface area contributed by atoms with Crippen LogP contribution in [-0.4, -0.2) is 26.3 Å². The van der Waals surface area contributed by atoms with Crippen LogP contribution in [0, 0.1) is 0 Å². The Morgan fingerprint density at radius 1 is 0.923 bits per heavy atom. The molecule has 0 bridgehead atoms. The Balaban J connectivity index is 1.46. The smallest absolute Gasteiger partial charge is 0.150 e. The van der Waals surface area contributed by atoms with Gasteiger partial charge in [0.05, 0.1) is 13.7 Å². The molecular weight excluding hydrogens is 638 g/mol. The summed E-state index contributed by atoms with van der Waals surface area (Å²) in [6, 6.07) is 24.5. The highest BCUT2D eigenvalue weighted by molar-refractivity contribution is 9.10. The van der Waals surface area contributed by atoms with E-state index in [1.807, 2.05) is 36.4 Å². The Morgan fingerprint density at radius 2 is 1.59 bits per heavy atom. The van der Waals surface area contributed by atoms with E-state index >= 15 is 0 Å². The molecule has 2 N–H and O–H groups in total. The van der Waals surface area contributed by atoms with Crippen molar-refractivity contribution in [3.8, 4) is 16.9 Å². The SMILES string of the molecule is COc1ccc(NC(=S)c2c(-c3ccc(Br)cc3)c3c4n(c(CNc5ccc(Br)cc5)nn24)CCCC3)cc1. The normalized spacial score (nSPS) is 12.8. The maximum absolute atomic E-state index is 6.08. The molecule has 9 heteroatoms. The van der Waals surface area contributed by atoms with Crippen molar-refractivity contribution in [1.82, 2.24) is 14.2 Å². The Kier molecular flexibility index (Phi) is 7.47. The molecule has 0 amide bonds. The van der Waals surface area contributed by atoms with Gasteiger partial charge >= 0.3 is 0 Å². The van der Waals surface area contributed by atoms with Crippen LogP contribution in [0.2, 0.25) is 0 Å². The van der Waals surface area contributed by atoms with Crippen molar-refractivity contribution in [2.24, 2.45) is 0 Å². The quantitative estimate of drug-likeness (QED) is 0.172.